The highest BCUT2D eigenvalue weighted by Crippen LogP contribution is 2.33. The van der Waals surface area contributed by atoms with Crippen LogP contribution in [0, 0.1) is 6.92 Å². The maximum Gasteiger partial charge on any atom is 0.451 e. The van der Waals surface area contributed by atoms with Crippen molar-refractivity contribution in [2.45, 2.75) is 44.8 Å². The van der Waals surface area contributed by atoms with Crippen molar-refractivity contribution < 1.29 is 13.2 Å². The molecule has 1 fully saturated rings. The van der Waals surface area contributed by atoms with E-state index in [1.807, 2.05) is 31.2 Å². The van der Waals surface area contributed by atoms with Gasteiger partial charge in [-0.15, -0.1) is 0 Å². The average Bonchev–Trinajstić information content (AvgIpc) is 2.99. The molecule has 1 aromatic carbocycles. The van der Waals surface area contributed by atoms with E-state index in [-0.39, 0.29) is 11.9 Å². The quantitative estimate of drug-likeness (QED) is 0.880. The van der Waals surface area contributed by atoms with Crippen molar-refractivity contribution in [1.82, 2.24) is 9.97 Å². The first kappa shape index (κ1) is 15.8. The lowest BCUT2D eigenvalue weighted by molar-refractivity contribution is -0.144. The van der Waals surface area contributed by atoms with Crippen LogP contribution >= 0.6 is 0 Å². The molecule has 1 aliphatic carbocycles. The van der Waals surface area contributed by atoms with Gasteiger partial charge in [-0.2, -0.15) is 13.2 Å². The summed E-state index contributed by atoms with van der Waals surface area (Å²) in [7, 11) is 0. The van der Waals surface area contributed by atoms with Gasteiger partial charge in [0.15, 0.2) is 0 Å². The second-order valence-electron chi connectivity index (χ2n) is 5.95. The molecule has 0 unspecified atom stereocenters. The SMILES string of the molecule is Cc1cccc(-c2cnc(C(F)(F)F)nc2NC2CCCC2)c1. The summed E-state index contributed by atoms with van der Waals surface area (Å²) in [6.07, 6.45) is 0.819. The molecule has 3 nitrogen and oxygen atoms in total. The Hall–Kier alpha value is -2.11. The Labute approximate surface area is 133 Å². The minimum atomic E-state index is -4.54. The zero-order chi connectivity index (χ0) is 16.4. The number of hydrogen-bond donors (Lipinski definition) is 1. The molecule has 6 heteroatoms. The van der Waals surface area contributed by atoms with Crippen molar-refractivity contribution >= 4 is 5.82 Å². The molecule has 0 atom stereocenters. The Morgan fingerprint density at radius 1 is 1.17 bits per heavy atom. The maximum absolute atomic E-state index is 12.9. The smallest absolute Gasteiger partial charge is 0.367 e. The second kappa shape index (κ2) is 6.18. The first-order chi connectivity index (χ1) is 10.9. The molecule has 0 saturated heterocycles. The molecule has 0 amide bonds. The molecule has 0 spiro atoms. The summed E-state index contributed by atoms with van der Waals surface area (Å²) in [6, 6.07) is 7.78. The van der Waals surface area contributed by atoms with E-state index in [2.05, 4.69) is 15.3 Å². The minimum Gasteiger partial charge on any atom is -0.367 e. The number of anilines is 1. The predicted octanol–water partition coefficient (Wildman–Crippen LogP) is 4.83. The summed E-state index contributed by atoms with van der Waals surface area (Å²) < 4.78 is 38.8. The van der Waals surface area contributed by atoms with Crippen LogP contribution in [-0.4, -0.2) is 16.0 Å². The third-order valence-electron chi connectivity index (χ3n) is 4.07. The fraction of sp³-hybridized carbons (Fsp3) is 0.412. The molecule has 0 bridgehead atoms. The van der Waals surface area contributed by atoms with E-state index in [0.29, 0.717) is 5.56 Å². The normalized spacial score (nSPS) is 15.8. The predicted molar refractivity (Wildman–Crippen MR) is 83.1 cm³/mol. The van der Waals surface area contributed by atoms with Gasteiger partial charge in [-0.3, -0.25) is 0 Å². The van der Waals surface area contributed by atoms with Crippen LogP contribution < -0.4 is 5.32 Å². The topological polar surface area (TPSA) is 37.8 Å². The van der Waals surface area contributed by atoms with E-state index in [1.165, 1.54) is 6.20 Å². The van der Waals surface area contributed by atoms with Gasteiger partial charge in [0.25, 0.3) is 0 Å². The van der Waals surface area contributed by atoms with Gasteiger partial charge in [0, 0.05) is 17.8 Å². The third kappa shape index (κ3) is 3.63. The lowest BCUT2D eigenvalue weighted by atomic mass is 10.1. The third-order valence-corrected chi connectivity index (χ3v) is 4.07. The van der Waals surface area contributed by atoms with Crippen LogP contribution in [0.15, 0.2) is 30.5 Å². The van der Waals surface area contributed by atoms with Crippen molar-refractivity contribution in [2.24, 2.45) is 0 Å². The lowest BCUT2D eigenvalue weighted by Crippen LogP contribution is -2.19. The van der Waals surface area contributed by atoms with Gasteiger partial charge >= 0.3 is 6.18 Å². The number of alkyl halides is 3. The summed E-state index contributed by atoms with van der Waals surface area (Å²) in [6.45, 7) is 1.94. The Balaban J connectivity index is 2.03. The van der Waals surface area contributed by atoms with Crippen molar-refractivity contribution in [3.8, 4) is 11.1 Å². The monoisotopic (exact) mass is 321 g/mol. The molecular weight excluding hydrogens is 303 g/mol. The number of aromatic nitrogens is 2. The van der Waals surface area contributed by atoms with E-state index < -0.39 is 12.0 Å². The van der Waals surface area contributed by atoms with Crippen molar-refractivity contribution in [2.75, 3.05) is 5.32 Å². The van der Waals surface area contributed by atoms with E-state index in [4.69, 9.17) is 0 Å². The molecule has 1 saturated carbocycles. The van der Waals surface area contributed by atoms with Gasteiger partial charge in [-0.1, -0.05) is 42.7 Å². The Bertz CT molecular complexity index is 692. The zero-order valence-electron chi connectivity index (χ0n) is 12.8. The Morgan fingerprint density at radius 3 is 2.57 bits per heavy atom. The molecule has 1 aromatic heterocycles. The molecule has 0 radical (unpaired) electrons. The highest BCUT2D eigenvalue weighted by Gasteiger charge is 2.35. The highest BCUT2D eigenvalue weighted by molar-refractivity contribution is 5.75. The number of aryl methyl sites for hydroxylation is 1. The van der Waals surface area contributed by atoms with Crippen LogP contribution in [0.3, 0.4) is 0 Å². The summed E-state index contributed by atoms with van der Waals surface area (Å²) in [5, 5.41) is 3.19. The molecule has 0 aliphatic heterocycles. The fourth-order valence-corrected chi connectivity index (χ4v) is 2.92. The van der Waals surface area contributed by atoms with E-state index in [1.54, 1.807) is 0 Å². The van der Waals surface area contributed by atoms with Crippen LogP contribution in [-0.2, 0) is 6.18 Å². The summed E-state index contributed by atoms with van der Waals surface area (Å²) >= 11 is 0. The van der Waals surface area contributed by atoms with Gasteiger partial charge in [0.1, 0.15) is 5.82 Å². The molecule has 1 N–H and O–H groups in total. The molecule has 3 rings (SSSR count). The summed E-state index contributed by atoms with van der Waals surface area (Å²) in [5.41, 5.74) is 2.46. The van der Waals surface area contributed by atoms with Crippen molar-refractivity contribution in [3.63, 3.8) is 0 Å². The summed E-state index contributed by atoms with van der Waals surface area (Å²) in [5.74, 6) is -0.834. The Morgan fingerprint density at radius 2 is 1.91 bits per heavy atom. The first-order valence-corrected chi connectivity index (χ1v) is 7.71. The summed E-state index contributed by atoms with van der Waals surface area (Å²) in [4.78, 5) is 7.28. The van der Waals surface area contributed by atoms with E-state index >= 15 is 0 Å². The van der Waals surface area contributed by atoms with Gasteiger partial charge in [-0.25, -0.2) is 9.97 Å². The van der Waals surface area contributed by atoms with Crippen LogP contribution in [0.2, 0.25) is 0 Å². The molecule has 122 valence electrons. The Kier molecular flexibility index (Phi) is 4.24. The minimum absolute atomic E-state index is 0.176. The van der Waals surface area contributed by atoms with Crippen LogP contribution in [0.5, 0.6) is 0 Å². The molecule has 1 heterocycles. The molecular formula is C17H18F3N3. The first-order valence-electron chi connectivity index (χ1n) is 7.71. The van der Waals surface area contributed by atoms with Gasteiger partial charge in [-0.05, 0) is 25.3 Å². The maximum atomic E-state index is 12.9. The van der Waals surface area contributed by atoms with E-state index in [9.17, 15) is 13.2 Å². The number of halogens is 3. The second-order valence-corrected chi connectivity index (χ2v) is 5.95. The number of benzene rings is 1. The molecule has 23 heavy (non-hydrogen) atoms. The number of nitrogens with one attached hydrogen (secondary N) is 1. The highest BCUT2D eigenvalue weighted by atomic mass is 19.4. The number of hydrogen-bond acceptors (Lipinski definition) is 3. The van der Waals surface area contributed by atoms with Crippen LogP contribution in [0.25, 0.3) is 11.1 Å². The zero-order valence-corrected chi connectivity index (χ0v) is 12.8. The molecule has 2 aromatic rings. The average molecular weight is 321 g/mol. The van der Waals surface area contributed by atoms with Gasteiger partial charge in [0.2, 0.25) is 5.82 Å². The van der Waals surface area contributed by atoms with Crippen LogP contribution in [0.4, 0.5) is 19.0 Å². The van der Waals surface area contributed by atoms with Gasteiger partial charge < -0.3 is 5.32 Å². The molecule has 1 aliphatic rings. The van der Waals surface area contributed by atoms with E-state index in [0.717, 1.165) is 36.8 Å². The van der Waals surface area contributed by atoms with Crippen molar-refractivity contribution in [3.05, 3.63) is 41.9 Å². The van der Waals surface area contributed by atoms with Crippen molar-refractivity contribution in [1.29, 1.82) is 0 Å². The fourth-order valence-electron chi connectivity index (χ4n) is 2.92. The van der Waals surface area contributed by atoms with Gasteiger partial charge in [0.05, 0.1) is 0 Å². The largest absolute Gasteiger partial charge is 0.451 e. The lowest BCUT2D eigenvalue weighted by Gasteiger charge is -2.17. The van der Waals surface area contributed by atoms with Crippen LogP contribution in [0.1, 0.15) is 37.1 Å². The number of rotatable bonds is 3. The number of nitrogens with zero attached hydrogens (tertiary/aromatic N) is 2. The standard InChI is InChI=1S/C17H18F3N3/c1-11-5-4-6-12(9-11)14-10-21-16(17(18,19)20)23-15(14)22-13-7-2-3-8-13/h4-6,9-10,13H,2-3,7-8H2,1H3,(H,21,22,23).